The van der Waals surface area contributed by atoms with Crippen LogP contribution in [0.5, 0.6) is 0 Å². The van der Waals surface area contributed by atoms with Gasteiger partial charge in [0.05, 0.1) is 13.2 Å². The minimum absolute atomic E-state index is 0.255. The van der Waals surface area contributed by atoms with E-state index in [1.54, 1.807) is 0 Å². The van der Waals surface area contributed by atoms with Gasteiger partial charge in [-0.1, -0.05) is 0 Å². The fourth-order valence-electron chi connectivity index (χ4n) is 1.78. The third kappa shape index (κ3) is 3.81. The maximum absolute atomic E-state index is 11.1. The lowest BCUT2D eigenvalue weighted by atomic mass is 9.97. The van der Waals surface area contributed by atoms with Gasteiger partial charge in [-0.05, 0) is 0 Å². The summed E-state index contributed by atoms with van der Waals surface area (Å²) in [5.74, 6) is 0.0616. The Bertz CT molecular complexity index is 279. The third-order valence-electron chi connectivity index (χ3n) is 2.62. The van der Waals surface area contributed by atoms with Gasteiger partial charge in [-0.25, -0.2) is 0 Å². The van der Waals surface area contributed by atoms with Crippen LogP contribution in [0.1, 0.15) is 6.92 Å². The molecule has 0 radical (unpaired) electrons. The molecule has 5 atom stereocenters. The molecule has 1 rings (SSSR count). The molecule has 8 heteroatoms. The predicted molar refractivity (Wildman–Crippen MR) is 65.2 cm³/mol. The molecule has 0 aromatic carbocycles. The summed E-state index contributed by atoms with van der Waals surface area (Å²) in [6, 6.07) is -0.889. The molecule has 4 N–H and O–H groups in total. The number of hydrogen-bond acceptors (Lipinski definition) is 7. The summed E-state index contributed by atoms with van der Waals surface area (Å²) < 4.78 is 10.6. The van der Waals surface area contributed by atoms with Crippen LogP contribution in [0.15, 0.2) is 0 Å². The lowest BCUT2D eigenvalue weighted by Gasteiger charge is -2.42. The minimum atomic E-state index is -1.29. The molecule has 1 saturated heterocycles. The molecular formula is C10H19NO6S. The zero-order valence-corrected chi connectivity index (χ0v) is 10.9. The number of ether oxygens (including phenoxy) is 2. The van der Waals surface area contributed by atoms with Gasteiger partial charge in [0, 0.05) is 12.7 Å². The van der Waals surface area contributed by atoms with Crippen molar-refractivity contribution in [2.45, 2.75) is 37.6 Å². The molecule has 1 heterocycles. The van der Waals surface area contributed by atoms with Crippen molar-refractivity contribution < 1.29 is 29.6 Å². The van der Waals surface area contributed by atoms with E-state index in [2.05, 4.69) is 17.9 Å². The topological polar surface area (TPSA) is 108 Å². The van der Waals surface area contributed by atoms with Crippen LogP contribution in [0.25, 0.3) is 0 Å². The van der Waals surface area contributed by atoms with Crippen LogP contribution in [0.2, 0.25) is 0 Å². The zero-order valence-electron chi connectivity index (χ0n) is 10.0. The Balaban J connectivity index is 2.76. The maximum atomic E-state index is 11.1. The first-order valence-corrected chi connectivity index (χ1v) is 6.26. The molecule has 0 unspecified atom stereocenters. The summed E-state index contributed by atoms with van der Waals surface area (Å²) in [7, 11) is 0. The fourth-order valence-corrected chi connectivity index (χ4v) is 1.89. The van der Waals surface area contributed by atoms with E-state index in [1.165, 1.54) is 6.92 Å². The van der Waals surface area contributed by atoms with Crippen molar-refractivity contribution in [2.75, 3.05) is 19.0 Å². The van der Waals surface area contributed by atoms with E-state index in [0.717, 1.165) is 0 Å². The summed E-state index contributed by atoms with van der Waals surface area (Å²) in [4.78, 5) is 11.1. The second-order valence-corrected chi connectivity index (χ2v) is 4.47. The first kappa shape index (κ1) is 15.7. The molecular weight excluding hydrogens is 262 g/mol. The minimum Gasteiger partial charge on any atom is -0.394 e. The summed E-state index contributed by atoms with van der Waals surface area (Å²) in [5, 5.41) is 31.1. The number of amides is 1. The highest BCUT2D eigenvalue weighted by molar-refractivity contribution is 7.80. The van der Waals surface area contributed by atoms with Gasteiger partial charge in [0.1, 0.15) is 24.4 Å². The monoisotopic (exact) mass is 281 g/mol. The SMILES string of the molecule is CC(=O)N[C@H]1[C@@H](OCCS)O[C@H](CO)[C@H](O)[C@@H]1O. The van der Waals surface area contributed by atoms with Gasteiger partial charge in [-0.2, -0.15) is 12.6 Å². The van der Waals surface area contributed by atoms with Gasteiger partial charge in [0.25, 0.3) is 0 Å². The standard InChI is InChI=1S/C10H19NO6S/c1-5(13)11-7-9(15)8(14)6(4-12)17-10(7)16-2-3-18/h6-10,12,14-15,18H,2-4H2,1H3,(H,11,13)/t6-,7-,8+,9-,10+/m1/s1. The Hall–Kier alpha value is -0.380. The Morgan fingerprint density at radius 2 is 2.11 bits per heavy atom. The number of carbonyl (C=O) groups is 1. The Labute approximate surface area is 110 Å². The molecule has 1 amide bonds. The highest BCUT2D eigenvalue weighted by Crippen LogP contribution is 2.22. The van der Waals surface area contributed by atoms with Gasteiger partial charge in [-0.3, -0.25) is 4.79 Å². The Morgan fingerprint density at radius 3 is 2.61 bits per heavy atom. The summed E-state index contributed by atoms with van der Waals surface area (Å²) in [6.07, 6.45) is -4.45. The predicted octanol–water partition coefficient (Wildman–Crippen LogP) is -2.12. The summed E-state index contributed by atoms with van der Waals surface area (Å²) in [6.45, 7) is 1.09. The second-order valence-electron chi connectivity index (χ2n) is 4.03. The highest BCUT2D eigenvalue weighted by atomic mass is 32.1. The molecule has 18 heavy (non-hydrogen) atoms. The Morgan fingerprint density at radius 1 is 1.44 bits per heavy atom. The van der Waals surface area contributed by atoms with Gasteiger partial charge in [-0.15, -0.1) is 0 Å². The highest BCUT2D eigenvalue weighted by Gasteiger charge is 2.45. The van der Waals surface area contributed by atoms with Crippen LogP contribution in [-0.4, -0.2) is 70.8 Å². The van der Waals surface area contributed by atoms with Gasteiger partial charge < -0.3 is 30.1 Å². The van der Waals surface area contributed by atoms with Crippen LogP contribution in [0, 0.1) is 0 Å². The maximum Gasteiger partial charge on any atom is 0.217 e. The van der Waals surface area contributed by atoms with E-state index >= 15 is 0 Å². The van der Waals surface area contributed by atoms with E-state index in [0.29, 0.717) is 5.75 Å². The largest absolute Gasteiger partial charge is 0.394 e. The normalized spacial score (nSPS) is 36.4. The Kier molecular flexibility index (Phi) is 6.33. The van der Waals surface area contributed by atoms with E-state index in [-0.39, 0.29) is 12.5 Å². The molecule has 7 nitrogen and oxygen atoms in total. The average molecular weight is 281 g/mol. The number of nitrogens with one attached hydrogen (secondary N) is 1. The molecule has 0 aromatic rings. The fraction of sp³-hybridized carbons (Fsp3) is 0.900. The number of aliphatic hydroxyl groups excluding tert-OH is 3. The van der Waals surface area contributed by atoms with Gasteiger partial charge in [0.2, 0.25) is 5.91 Å². The van der Waals surface area contributed by atoms with E-state index in [1.807, 2.05) is 0 Å². The van der Waals surface area contributed by atoms with Crippen molar-refractivity contribution in [1.82, 2.24) is 5.32 Å². The third-order valence-corrected chi connectivity index (χ3v) is 2.81. The number of carbonyl (C=O) groups excluding carboxylic acids is 1. The molecule has 0 spiro atoms. The number of aliphatic hydroxyl groups is 3. The molecule has 1 aliphatic heterocycles. The first-order chi connectivity index (χ1) is 8.51. The number of rotatable bonds is 5. The lowest BCUT2D eigenvalue weighted by Crippen LogP contribution is -2.64. The van der Waals surface area contributed by atoms with Crippen molar-refractivity contribution in [3.63, 3.8) is 0 Å². The molecule has 106 valence electrons. The van der Waals surface area contributed by atoms with Crippen LogP contribution in [0.4, 0.5) is 0 Å². The van der Waals surface area contributed by atoms with Gasteiger partial charge >= 0.3 is 0 Å². The zero-order chi connectivity index (χ0) is 13.7. The van der Waals surface area contributed by atoms with Crippen LogP contribution < -0.4 is 5.32 Å². The van der Waals surface area contributed by atoms with Crippen LogP contribution in [0.3, 0.4) is 0 Å². The molecule has 1 fully saturated rings. The van der Waals surface area contributed by atoms with Crippen molar-refractivity contribution >= 4 is 18.5 Å². The molecule has 0 saturated carbocycles. The van der Waals surface area contributed by atoms with E-state index in [4.69, 9.17) is 14.6 Å². The van der Waals surface area contributed by atoms with Crippen LogP contribution >= 0.6 is 12.6 Å². The average Bonchev–Trinajstić information content (AvgIpc) is 2.33. The van der Waals surface area contributed by atoms with E-state index < -0.39 is 37.3 Å². The number of thiol groups is 1. The van der Waals surface area contributed by atoms with Crippen molar-refractivity contribution in [1.29, 1.82) is 0 Å². The molecule has 0 aliphatic carbocycles. The van der Waals surface area contributed by atoms with E-state index in [9.17, 15) is 15.0 Å². The lowest BCUT2D eigenvalue weighted by molar-refractivity contribution is -0.268. The van der Waals surface area contributed by atoms with Crippen molar-refractivity contribution in [3.05, 3.63) is 0 Å². The number of hydrogen-bond donors (Lipinski definition) is 5. The first-order valence-electron chi connectivity index (χ1n) is 5.63. The molecule has 0 bridgehead atoms. The van der Waals surface area contributed by atoms with Gasteiger partial charge in [0.15, 0.2) is 6.29 Å². The summed E-state index contributed by atoms with van der Waals surface area (Å²) >= 11 is 3.98. The van der Waals surface area contributed by atoms with Crippen molar-refractivity contribution in [3.8, 4) is 0 Å². The van der Waals surface area contributed by atoms with Crippen molar-refractivity contribution in [2.24, 2.45) is 0 Å². The summed E-state index contributed by atoms with van der Waals surface area (Å²) in [5.41, 5.74) is 0. The smallest absolute Gasteiger partial charge is 0.217 e. The second kappa shape index (κ2) is 7.27. The quantitative estimate of drug-likeness (QED) is 0.369. The molecule has 1 aliphatic rings. The molecule has 0 aromatic heterocycles. The van der Waals surface area contributed by atoms with Crippen LogP contribution in [-0.2, 0) is 14.3 Å².